The molecule has 0 bridgehead atoms. The summed E-state index contributed by atoms with van der Waals surface area (Å²) in [6.07, 6.45) is -1.80. The Kier molecular flexibility index (Phi) is 5.00. The molecular weight excluding hydrogens is 242 g/mol. The van der Waals surface area contributed by atoms with Crippen LogP contribution in [0.25, 0.3) is 0 Å². The lowest BCUT2D eigenvalue weighted by molar-refractivity contribution is -0.385. The van der Waals surface area contributed by atoms with Gasteiger partial charge in [-0.25, -0.2) is 8.78 Å². The molecule has 0 saturated carbocycles. The van der Waals surface area contributed by atoms with Crippen molar-refractivity contribution in [1.29, 1.82) is 0 Å². The minimum absolute atomic E-state index is 0.260. The van der Waals surface area contributed by atoms with Crippen LogP contribution in [0.1, 0.15) is 32.3 Å². The Balaban J connectivity index is 2.93. The van der Waals surface area contributed by atoms with Crippen LogP contribution >= 0.6 is 0 Å². The number of anilines is 1. The second-order valence-corrected chi connectivity index (χ2v) is 4.22. The molecule has 1 unspecified atom stereocenters. The number of halogens is 2. The molecule has 0 spiro atoms. The van der Waals surface area contributed by atoms with Gasteiger partial charge in [-0.05, 0) is 12.0 Å². The number of nitrogens with one attached hydrogen (secondary N) is 1. The fourth-order valence-electron chi connectivity index (χ4n) is 1.43. The molecule has 0 amide bonds. The third kappa shape index (κ3) is 3.65. The first-order valence-electron chi connectivity index (χ1n) is 5.76. The van der Waals surface area contributed by atoms with Gasteiger partial charge >= 0.3 is 0 Å². The Bertz CT molecular complexity index is 425. The van der Waals surface area contributed by atoms with Crippen LogP contribution in [-0.4, -0.2) is 11.5 Å². The SMILES string of the molecule is CCC(C)CNc1ccc([N+](=O)[O-])cc1C(F)F. The first-order valence-corrected chi connectivity index (χ1v) is 5.76. The summed E-state index contributed by atoms with van der Waals surface area (Å²) in [5.74, 6) is 0.353. The standard InChI is InChI=1S/C12H16F2N2O2/c1-3-8(2)7-15-11-5-4-9(16(17)18)6-10(11)12(13)14/h4-6,8,12,15H,3,7H2,1-2H3. The molecule has 0 saturated heterocycles. The molecule has 1 rings (SSSR count). The summed E-state index contributed by atoms with van der Waals surface area (Å²) in [4.78, 5) is 9.86. The van der Waals surface area contributed by atoms with Crippen LogP contribution in [0.15, 0.2) is 18.2 Å². The molecule has 0 aliphatic carbocycles. The van der Waals surface area contributed by atoms with Gasteiger partial charge < -0.3 is 5.32 Å². The number of hydrogen-bond acceptors (Lipinski definition) is 3. The van der Waals surface area contributed by atoms with Crippen LogP contribution in [0.3, 0.4) is 0 Å². The maximum absolute atomic E-state index is 12.8. The average Bonchev–Trinajstić information content (AvgIpc) is 2.35. The monoisotopic (exact) mass is 258 g/mol. The van der Waals surface area contributed by atoms with Crippen LogP contribution in [0.5, 0.6) is 0 Å². The summed E-state index contributed by atoms with van der Waals surface area (Å²) in [5.41, 5.74) is -0.386. The van der Waals surface area contributed by atoms with Crippen molar-refractivity contribution in [3.63, 3.8) is 0 Å². The van der Waals surface area contributed by atoms with E-state index in [1.165, 1.54) is 12.1 Å². The van der Waals surface area contributed by atoms with E-state index in [0.717, 1.165) is 12.5 Å². The molecule has 1 aromatic carbocycles. The van der Waals surface area contributed by atoms with Gasteiger partial charge in [-0.1, -0.05) is 20.3 Å². The van der Waals surface area contributed by atoms with E-state index < -0.39 is 11.3 Å². The molecule has 1 aromatic rings. The maximum atomic E-state index is 12.8. The molecule has 0 radical (unpaired) electrons. The van der Waals surface area contributed by atoms with E-state index in [-0.39, 0.29) is 16.9 Å². The molecule has 0 aliphatic rings. The van der Waals surface area contributed by atoms with Crippen LogP contribution in [0, 0.1) is 16.0 Å². The van der Waals surface area contributed by atoms with Gasteiger partial charge in [0.1, 0.15) is 0 Å². The van der Waals surface area contributed by atoms with Crippen LogP contribution in [0.4, 0.5) is 20.2 Å². The predicted molar refractivity (Wildman–Crippen MR) is 66.0 cm³/mol. The third-order valence-corrected chi connectivity index (χ3v) is 2.82. The lowest BCUT2D eigenvalue weighted by Gasteiger charge is -2.14. The largest absolute Gasteiger partial charge is 0.384 e. The van der Waals surface area contributed by atoms with Crippen LogP contribution in [0.2, 0.25) is 0 Å². The molecule has 18 heavy (non-hydrogen) atoms. The number of nitrogens with zero attached hydrogens (tertiary/aromatic N) is 1. The van der Waals surface area contributed by atoms with Crippen molar-refractivity contribution in [1.82, 2.24) is 0 Å². The Labute approximate surface area is 104 Å². The number of rotatable bonds is 6. The number of hydrogen-bond donors (Lipinski definition) is 1. The molecule has 100 valence electrons. The average molecular weight is 258 g/mol. The molecule has 0 aromatic heterocycles. The van der Waals surface area contributed by atoms with Crippen molar-refractivity contribution >= 4 is 11.4 Å². The Morgan fingerprint density at radius 1 is 1.44 bits per heavy atom. The summed E-state index contributed by atoms with van der Waals surface area (Å²) in [6.45, 7) is 4.57. The van der Waals surface area contributed by atoms with E-state index in [4.69, 9.17) is 0 Å². The lowest BCUT2D eigenvalue weighted by Crippen LogP contribution is -2.11. The van der Waals surface area contributed by atoms with E-state index >= 15 is 0 Å². The summed E-state index contributed by atoms with van der Waals surface area (Å²) < 4.78 is 25.6. The minimum Gasteiger partial charge on any atom is -0.384 e. The Hall–Kier alpha value is -1.72. The fraction of sp³-hybridized carbons (Fsp3) is 0.500. The zero-order valence-electron chi connectivity index (χ0n) is 10.3. The minimum atomic E-state index is -2.73. The van der Waals surface area contributed by atoms with Gasteiger partial charge in [-0.2, -0.15) is 0 Å². The molecular formula is C12H16F2N2O2. The van der Waals surface area contributed by atoms with Gasteiger partial charge in [0.05, 0.1) is 4.92 Å². The maximum Gasteiger partial charge on any atom is 0.270 e. The van der Waals surface area contributed by atoms with E-state index in [9.17, 15) is 18.9 Å². The quantitative estimate of drug-likeness (QED) is 0.620. The number of nitro benzene ring substituents is 1. The van der Waals surface area contributed by atoms with Crippen molar-refractivity contribution in [2.24, 2.45) is 5.92 Å². The van der Waals surface area contributed by atoms with Gasteiger partial charge in [0.2, 0.25) is 0 Å². The molecule has 1 N–H and O–H groups in total. The van der Waals surface area contributed by atoms with E-state index in [1.807, 2.05) is 13.8 Å². The zero-order chi connectivity index (χ0) is 13.7. The topological polar surface area (TPSA) is 55.2 Å². The van der Waals surface area contributed by atoms with Crippen molar-refractivity contribution in [2.75, 3.05) is 11.9 Å². The van der Waals surface area contributed by atoms with Crippen LogP contribution in [-0.2, 0) is 0 Å². The van der Waals surface area contributed by atoms with Crippen molar-refractivity contribution in [3.8, 4) is 0 Å². The molecule has 0 aliphatic heterocycles. The van der Waals surface area contributed by atoms with Gasteiger partial charge in [-0.3, -0.25) is 10.1 Å². The Morgan fingerprint density at radius 2 is 2.11 bits per heavy atom. The number of nitro groups is 1. The molecule has 0 fully saturated rings. The van der Waals surface area contributed by atoms with E-state index in [1.54, 1.807) is 0 Å². The van der Waals surface area contributed by atoms with Gasteiger partial charge in [0, 0.05) is 29.9 Å². The molecule has 6 heteroatoms. The fourth-order valence-corrected chi connectivity index (χ4v) is 1.43. The highest BCUT2D eigenvalue weighted by atomic mass is 19.3. The summed E-state index contributed by atoms with van der Waals surface area (Å²) >= 11 is 0. The zero-order valence-corrected chi connectivity index (χ0v) is 10.3. The van der Waals surface area contributed by atoms with E-state index in [0.29, 0.717) is 12.5 Å². The normalized spacial score (nSPS) is 12.5. The second kappa shape index (κ2) is 6.28. The van der Waals surface area contributed by atoms with Crippen LogP contribution < -0.4 is 5.32 Å². The highest BCUT2D eigenvalue weighted by molar-refractivity contribution is 5.56. The number of benzene rings is 1. The first-order chi connectivity index (χ1) is 8.45. The highest BCUT2D eigenvalue weighted by Gasteiger charge is 2.17. The van der Waals surface area contributed by atoms with Gasteiger partial charge in [0.25, 0.3) is 12.1 Å². The summed E-state index contributed by atoms with van der Waals surface area (Å²) in [5, 5.41) is 13.4. The Morgan fingerprint density at radius 3 is 2.61 bits per heavy atom. The third-order valence-electron chi connectivity index (χ3n) is 2.82. The van der Waals surface area contributed by atoms with Crippen molar-refractivity contribution < 1.29 is 13.7 Å². The second-order valence-electron chi connectivity index (χ2n) is 4.22. The van der Waals surface area contributed by atoms with Gasteiger partial charge in [-0.15, -0.1) is 0 Å². The molecule has 0 heterocycles. The van der Waals surface area contributed by atoms with Gasteiger partial charge in [0.15, 0.2) is 0 Å². The number of alkyl halides is 2. The smallest absolute Gasteiger partial charge is 0.270 e. The summed E-state index contributed by atoms with van der Waals surface area (Å²) in [7, 11) is 0. The van der Waals surface area contributed by atoms with E-state index in [2.05, 4.69) is 5.32 Å². The number of non-ortho nitro benzene ring substituents is 1. The highest BCUT2D eigenvalue weighted by Crippen LogP contribution is 2.30. The molecule has 1 atom stereocenters. The summed E-state index contributed by atoms with van der Waals surface area (Å²) in [6, 6.07) is 3.48. The first kappa shape index (κ1) is 14.3. The predicted octanol–water partition coefficient (Wildman–Crippen LogP) is 3.99. The lowest BCUT2D eigenvalue weighted by atomic mass is 10.1. The van der Waals surface area contributed by atoms with Crippen molar-refractivity contribution in [3.05, 3.63) is 33.9 Å². The molecule has 4 nitrogen and oxygen atoms in total. The van der Waals surface area contributed by atoms with Crippen molar-refractivity contribution in [2.45, 2.75) is 26.7 Å².